The molecule has 0 spiro atoms. The van der Waals surface area contributed by atoms with Gasteiger partial charge in [0, 0.05) is 29.6 Å². The lowest BCUT2D eigenvalue weighted by Gasteiger charge is -2.51. The number of carboxylic acid groups (broad SMARTS) is 1. The summed E-state index contributed by atoms with van der Waals surface area (Å²) in [6.07, 6.45) is 5.26. The lowest BCUT2D eigenvalue weighted by Crippen LogP contribution is -2.57. The minimum absolute atomic E-state index is 0.0642. The van der Waals surface area contributed by atoms with Gasteiger partial charge in [-0.05, 0) is 69.0 Å². The maximum atomic E-state index is 15.1. The second-order valence-electron chi connectivity index (χ2n) is 9.53. The van der Waals surface area contributed by atoms with Gasteiger partial charge in [0.2, 0.25) is 0 Å². The Morgan fingerprint density at radius 3 is 2.76 bits per heavy atom. The minimum atomic E-state index is -1.40. The van der Waals surface area contributed by atoms with Crippen LogP contribution in [0.1, 0.15) is 49.9 Å². The summed E-state index contributed by atoms with van der Waals surface area (Å²) in [7, 11) is 1.60. The van der Waals surface area contributed by atoms with E-state index in [0.717, 1.165) is 34.5 Å². The molecule has 0 bridgehead atoms. The van der Waals surface area contributed by atoms with E-state index in [0.29, 0.717) is 11.3 Å². The maximum Gasteiger partial charge on any atom is 0.328 e. The van der Waals surface area contributed by atoms with Crippen molar-refractivity contribution >= 4 is 22.9 Å². The number of carboxylic acids is 1. The zero-order valence-electron chi connectivity index (χ0n) is 19.6. The molecule has 0 saturated carbocycles. The molecule has 0 aliphatic carbocycles. The summed E-state index contributed by atoms with van der Waals surface area (Å²) >= 11 is 0. The number of hydrogen-bond donors (Lipinski definition) is 2. The molecule has 0 saturated heterocycles. The Balaban J connectivity index is 1.96. The smallest absolute Gasteiger partial charge is 0.328 e. The third-order valence-corrected chi connectivity index (χ3v) is 6.58. The molecule has 1 aliphatic rings. The number of aliphatic carboxylic acids is 1. The van der Waals surface area contributed by atoms with Crippen molar-refractivity contribution in [2.24, 2.45) is 0 Å². The normalized spacial score (nSPS) is 21.5. The highest BCUT2D eigenvalue weighted by Crippen LogP contribution is 2.48. The van der Waals surface area contributed by atoms with Crippen molar-refractivity contribution in [3.05, 3.63) is 64.9 Å². The van der Waals surface area contributed by atoms with Gasteiger partial charge in [0.05, 0.1) is 24.4 Å². The molecule has 1 aromatic heterocycles. The van der Waals surface area contributed by atoms with Gasteiger partial charge in [-0.2, -0.15) is 5.10 Å². The summed E-state index contributed by atoms with van der Waals surface area (Å²) < 4.78 is 20.8. The van der Waals surface area contributed by atoms with Crippen LogP contribution in [0.3, 0.4) is 0 Å². The van der Waals surface area contributed by atoms with Crippen molar-refractivity contribution in [3.63, 3.8) is 0 Å². The summed E-state index contributed by atoms with van der Waals surface area (Å²) in [5.41, 5.74) is 2.80. The third kappa shape index (κ3) is 4.13. The highest BCUT2D eigenvalue weighted by molar-refractivity contribution is 5.86. The first-order valence-electron chi connectivity index (χ1n) is 11.0. The first-order valence-corrected chi connectivity index (χ1v) is 11.0. The first-order chi connectivity index (χ1) is 15.5. The Labute approximate surface area is 193 Å². The van der Waals surface area contributed by atoms with Crippen molar-refractivity contribution < 1.29 is 19.0 Å². The number of methoxy groups -OCH3 is 1. The van der Waals surface area contributed by atoms with Crippen molar-refractivity contribution in [1.29, 1.82) is 0 Å². The Bertz CT molecular complexity index is 1230. The zero-order valence-corrected chi connectivity index (χ0v) is 19.6. The molecule has 2 aromatic carbocycles. The van der Waals surface area contributed by atoms with Crippen LogP contribution in [0.2, 0.25) is 0 Å². The standard InChI is InChI=1S/C26H30FN3O3/c1-16-12-18-19-14-28-29-22(19)10-9-20(18)26(4,30(16)15-25(2,3)27)21-8-6-17(7-11-24(31)32)13-23(21)33-5/h6-11,13-14,16H,12,15H2,1-5H3,(H,28,29)(H,31,32)/b11-7+. The predicted octanol–water partition coefficient (Wildman–Crippen LogP) is 4.93. The molecule has 1 aliphatic heterocycles. The quantitative estimate of drug-likeness (QED) is 0.520. The van der Waals surface area contributed by atoms with Crippen LogP contribution in [0, 0.1) is 0 Å². The Morgan fingerprint density at radius 1 is 1.36 bits per heavy atom. The fourth-order valence-corrected chi connectivity index (χ4v) is 5.15. The van der Waals surface area contributed by atoms with E-state index >= 15 is 4.39 Å². The number of benzene rings is 2. The molecule has 2 atom stereocenters. The van der Waals surface area contributed by atoms with Crippen LogP contribution in [-0.4, -0.2) is 51.5 Å². The van der Waals surface area contributed by atoms with E-state index < -0.39 is 17.2 Å². The summed E-state index contributed by atoms with van der Waals surface area (Å²) in [6.45, 7) is 7.70. The number of nitrogens with zero attached hydrogens (tertiary/aromatic N) is 2. The summed E-state index contributed by atoms with van der Waals surface area (Å²) in [6, 6.07) is 9.83. The molecule has 3 aromatic rings. The molecule has 4 rings (SSSR count). The molecular weight excluding hydrogens is 421 g/mol. The van der Waals surface area contributed by atoms with E-state index in [1.807, 2.05) is 30.5 Å². The second kappa shape index (κ2) is 8.30. The summed E-state index contributed by atoms with van der Waals surface area (Å²) in [4.78, 5) is 13.2. The first kappa shape index (κ1) is 23.0. The van der Waals surface area contributed by atoms with E-state index in [1.54, 1.807) is 21.0 Å². The number of fused-ring (bicyclic) bond motifs is 3. The number of aromatic amines is 1. The van der Waals surface area contributed by atoms with Crippen LogP contribution >= 0.6 is 0 Å². The van der Waals surface area contributed by atoms with Crippen molar-refractivity contribution in [2.75, 3.05) is 13.7 Å². The van der Waals surface area contributed by atoms with Crippen LogP contribution in [0.4, 0.5) is 4.39 Å². The number of carbonyl (C=O) groups is 1. The SMILES string of the molecule is COc1cc(/C=C/C(=O)O)ccc1C1(C)c2ccc3[nH]ncc3c2CC(C)N1CC(C)(C)F. The van der Waals surface area contributed by atoms with Crippen molar-refractivity contribution in [2.45, 2.75) is 51.4 Å². The molecule has 6 nitrogen and oxygen atoms in total. The highest BCUT2D eigenvalue weighted by Gasteiger charge is 2.47. The lowest BCUT2D eigenvalue weighted by molar-refractivity contribution is -0.131. The van der Waals surface area contributed by atoms with E-state index in [4.69, 9.17) is 9.84 Å². The average molecular weight is 452 g/mol. The fraction of sp³-hybridized carbons (Fsp3) is 0.385. The van der Waals surface area contributed by atoms with Crippen LogP contribution < -0.4 is 4.74 Å². The molecule has 0 amide bonds. The molecule has 33 heavy (non-hydrogen) atoms. The van der Waals surface area contributed by atoms with Gasteiger partial charge < -0.3 is 9.84 Å². The molecule has 2 unspecified atom stereocenters. The lowest BCUT2D eigenvalue weighted by atomic mass is 9.73. The molecule has 2 heterocycles. The highest BCUT2D eigenvalue weighted by atomic mass is 19.1. The van der Waals surface area contributed by atoms with Crippen LogP contribution in [-0.2, 0) is 16.8 Å². The van der Waals surface area contributed by atoms with E-state index in [9.17, 15) is 4.79 Å². The number of aromatic nitrogens is 2. The molecule has 174 valence electrons. The van der Waals surface area contributed by atoms with Crippen molar-refractivity contribution in [1.82, 2.24) is 15.1 Å². The number of ether oxygens (including phenoxy) is 1. The van der Waals surface area contributed by atoms with E-state index in [2.05, 4.69) is 35.0 Å². The third-order valence-electron chi connectivity index (χ3n) is 6.58. The molecule has 0 fully saturated rings. The minimum Gasteiger partial charge on any atom is -0.496 e. The van der Waals surface area contributed by atoms with E-state index in [1.165, 1.54) is 11.6 Å². The topological polar surface area (TPSA) is 78.5 Å². The molecular formula is C26H30FN3O3. The van der Waals surface area contributed by atoms with Gasteiger partial charge in [-0.3, -0.25) is 10.00 Å². The van der Waals surface area contributed by atoms with Crippen LogP contribution in [0.25, 0.3) is 17.0 Å². The largest absolute Gasteiger partial charge is 0.496 e. The number of hydrogen-bond acceptors (Lipinski definition) is 4. The second-order valence-corrected chi connectivity index (χ2v) is 9.53. The van der Waals surface area contributed by atoms with Gasteiger partial charge in [-0.15, -0.1) is 0 Å². The van der Waals surface area contributed by atoms with E-state index in [-0.39, 0.29) is 12.6 Å². The number of rotatable bonds is 6. The van der Waals surface area contributed by atoms with Crippen LogP contribution in [0.15, 0.2) is 42.6 Å². The van der Waals surface area contributed by atoms with Crippen molar-refractivity contribution in [3.8, 4) is 5.75 Å². The average Bonchev–Trinajstić information content (AvgIpc) is 3.23. The van der Waals surface area contributed by atoms with Gasteiger partial charge in [-0.25, -0.2) is 9.18 Å². The number of alkyl halides is 1. The van der Waals surface area contributed by atoms with Crippen LogP contribution in [0.5, 0.6) is 5.75 Å². The number of halogens is 1. The Kier molecular flexibility index (Phi) is 5.78. The Morgan fingerprint density at radius 2 is 2.09 bits per heavy atom. The monoisotopic (exact) mass is 451 g/mol. The van der Waals surface area contributed by atoms with Gasteiger partial charge in [0.1, 0.15) is 11.4 Å². The van der Waals surface area contributed by atoms with Gasteiger partial charge >= 0.3 is 5.97 Å². The molecule has 2 N–H and O–H groups in total. The summed E-state index contributed by atoms with van der Waals surface area (Å²) in [5, 5.41) is 17.3. The molecule has 7 heteroatoms. The Hall–Kier alpha value is -3.19. The van der Waals surface area contributed by atoms with Gasteiger partial charge in [0.15, 0.2) is 0 Å². The maximum absolute atomic E-state index is 15.1. The zero-order chi connectivity index (χ0) is 24.0. The summed E-state index contributed by atoms with van der Waals surface area (Å²) in [5.74, 6) is -0.389. The van der Waals surface area contributed by atoms with Gasteiger partial charge in [0.25, 0.3) is 0 Å². The number of H-pyrrole nitrogens is 1. The predicted molar refractivity (Wildman–Crippen MR) is 127 cm³/mol. The van der Waals surface area contributed by atoms with Gasteiger partial charge in [-0.1, -0.05) is 18.2 Å². The molecule has 0 radical (unpaired) electrons. The fourth-order valence-electron chi connectivity index (χ4n) is 5.15. The number of nitrogens with one attached hydrogen (secondary N) is 1.